The topological polar surface area (TPSA) is 50.7 Å². The van der Waals surface area contributed by atoms with Crippen molar-refractivity contribution in [2.75, 3.05) is 5.32 Å². The summed E-state index contributed by atoms with van der Waals surface area (Å²) >= 11 is 8.98. The highest BCUT2D eigenvalue weighted by molar-refractivity contribution is 7.15. The molecule has 0 bridgehead atoms. The molecule has 0 atom stereocenters. The van der Waals surface area contributed by atoms with Crippen LogP contribution in [0.2, 0.25) is 4.47 Å². The van der Waals surface area contributed by atoms with Gasteiger partial charge in [-0.25, -0.2) is 9.97 Å². The summed E-state index contributed by atoms with van der Waals surface area (Å²) in [6.07, 6.45) is 5.40. The Morgan fingerprint density at radius 1 is 1.08 bits per heavy atom. The molecule has 4 aromatic rings. The molecule has 0 saturated carbocycles. The third-order valence-corrected chi connectivity index (χ3v) is 5.57. The Balaban J connectivity index is 1.52. The number of hydrogen-bond donors (Lipinski definition) is 1. The predicted molar refractivity (Wildman–Crippen MR) is 105 cm³/mol. The molecule has 0 spiro atoms. The maximum absolute atomic E-state index is 5.87. The second-order valence-electron chi connectivity index (χ2n) is 5.29. The van der Waals surface area contributed by atoms with E-state index in [9.17, 15) is 0 Å². The number of nitrogens with zero attached hydrogens (tertiary/aromatic N) is 3. The molecule has 25 heavy (non-hydrogen) atoms. The van der Waals surface area contributed by atoms with Crippen LogP contribution in [0.25, 0.3) is 21.8 Å². The number of hydrogen-bond acceptors (Lipinski definition) is 6. The highest BCUT2D eigenvalue weighted by atomic mass is 35.5. The lowest BCUT2D eigenvalue weighted by Crippen LogP contribution is -1.97. The first kappa shape index (κ1) is 16.2. The van der Waals surface area contributed by atoms with Crippen molar-refractivity contribution in [3.63, 3.8) is 0 Å². The zero-order chi connectivity index (χ0) is 17.1. The molecule has 0 aliphatic rings. The van der Waals surface area contributed by atoms with Crippen molar-refractivity contribution >= 4 is 40.0 Å². The third kappa shape index (κ3) is 3.87. The summed E-state index contributed by atoms with van der Waals surface area (Å²) in [7, 11) is 0. The minimum Gasteiger partial charge on any atom is -0.380 e. The molecule has 0 aliphatic carbocycles. The number of nitrogens with one attached hydrogen (secondary N) is 1. The summed E-state index contributed by atoms with van der Waals surface area (Å²) < 4.78 is 0.566. The van der Waals surface area contributed by atoms with E-state index in [1.807, 2.05) is 30.5 Å². The molecule has 0 radical (unpaired) electrons. The number of rotatable bonds is 5. The summed E-state index contributed by atoms with van der Waals surface area (Å²) in [5.41, 5.74) is 4.13. The molecule has 1 aromatic carbocycles. The molecule has 0 unspecified atom stereocenters. The van der Waals surface area contributed by atoms with Crippen molar-refractivity contribution in [2.24, 2.45) is 0 Å². The molecule has 0 fully saturated rings. The summed E-state index contributed by atoms with van der Waals surface area (Å²) in [6.45, 7) is 0.700. The van der Waals surface area contributed by atoms with Gasteiger partial charge in [0.05, 0.1) is 12.2 Å². The SMILES string of the molecule is Clc1ncc(CNc2cccc(-c3csc(-c4cccnc4)n3)c2)s1. The Hall–Kier alpha value is -2.28. The molecule has 0 amide bonds. The van der Waals surface area contributed by atoms with Crippen molar-refractivity contribution < 1.29 is 0 Å². The normalized spacial score (nSPS) is 10.8. The van der Waals surface area contributed by atoms with Gasteiger partial charge in [0.2, 0.25) is 0 Å². The van der Waals surface area contributed by atoms with Gasteiger partial charge < -0.3 is 5.32 Å². The van der Waals surface area contributed by atoms with E-state index in [4.69, 9.17) is 16.6 Å². The molecule has 4 rings (SSSR count). The molecule has 3 aromatic heterocycles. The lowest BCUT2D eigenvalue weighted by Gasteiger charge is -2.06. The van der Waals surface area contributed by atoms with Gasteiger partial charge >= 0.3 is 0 Å². The third-order valence-electron chi connectivity index (χ3n) is 3.56. The zero-order valence-electron chi connectivity index (χ0n) is 13.0. The van der Waals surface area contributed by atoms with Crippen LogP contribution in [0.5, 0.6) is 0 Å². The predicted octanol–water partition coefficient (Wildman–Crippen LogP) is 5.59. The van der Waals surface area contributed by atoms with E-state index in [1.165, 1.54) is 11.3 Å². The molecule has 3 heterocycles. The van der Waals surface area contributed by atoms with E-state index in [0.717, 1.165) is 32.4 Å². The molecular weight excluding hydrogens is 372 g/mol. The van der Waals surface area contributed by atoms with Gasteiger partial charge in [0.15, 0.2) is 4.47 Å². The monoisotopic (exact) mass is 384 g/mol. The van der Waals surface area contributed by atoms with Crippen LogP contribution in [-0.2, 0) is 6.54 Å². The van der Waals surface area contributed by atoms with E-state index in [1.54, 1.807) is 23.7 Å². The van der Waals surface area contributed by atoms with E-state index in [0.29, 0.717) is 11.0 Å². The summed E-state index contributed by atoms with van der Waals surface area (Å²) in [5.74, 6) is 0. The largest absolute Gasteiger partial charge is 0.380 e. The van der Waals surface area contributed by atoms with Crippen LogP contribution >= 0.6 is 34.3 Å². The molecule has 124 valence electrons. The van der Waals surface area contributed by atoms with Crippen molar-refractivity contribution in [3.05, 3.63) is 69.7 Å². The second-order valence-corrected chi connectivity index (χ2v) is 7.85. The van der Waals surface area contributed by atoms with Crippen LogP contribution in [0.15, 0.2) is 60.4 Å². The molecule has 0 saturated heterocycles. The average Bonchev–Trinajstić information content (AvgIpc) is 3.30. The van der Waals surface area contributed by atoms with Gasteiger partial charge in [-0.2, -0.15) is 0 Å². The van der Waals surface area contributed by atoms with E-state index < -0.39 is 0 Å². The number of aromatic nitrogens is 3. The fraction of sp³-hybridized carbons (Fsp3) is 0.0556. The first-order valence-corrected chi connectivity index (χ1v) is 9.66. The number of pyridine rings is 1. The Bertz CT molecular complexity index is 981. The highest BCUT2D eigenvalue weighted by Crippen LogP contribution is 2.29. The van der Waals surface area contributed by atoms with Gasteiger partial charge in [0.25, 0.3) is 0 Å². The highest BCUT2D eigenvalue weighted by Gasteiger charge is 2.07. The Morgan fingerprint density at radius 2 is 2.00 bits per heavy atom. The Morgan fingerprint density at radius 3 is 2.80 bits per heavy atom. The van der Waals surface area contributed by atoms with Gasteiger partial charge in [0, 0.05) is 45.7 Å². The van der Waals surface area contributed by atoms with Gasteiger partial charge in [0.1, 0.15) is 5.01 Å². The van der Waals surface area contributed by atoms with Crippen molar-refractivity contribution in [2.45, 2.75) is 6.54 Å². The van der Waals surface area contributed by atoms with E-state index >= 15 is 0 Å². The number of anilines is 1. The summed E-state index contributed by atoms with van der Waals surface area (Å²) in [4.78, 5) is 14.0. The van der Waals surface area contributed by atoms with Crippen LogP contribution in [-0.4, -0.2) is 15.0 Å². The van der Waals surface area contributed by atoms with Gasteiger partial charge in [-0.15, -0.1) is 22.7 Å². The van der Waals surface area contributed by atoms with Crippen LogP contribution in [0, 0.1) is 0 Å². The molecule has 7 heteroatoms. The maximum atomic E-state index is 5.87. The lowest BCUT2D eigenvalue weighted by atomic mass is 10.1. The average molecular weight is 385 g/mol. The fourth-order valence-corrected chi connectivity index (χ4v) is 4.11. The molecular formula is C18H13ClN4S2. The molecule has 1 N–H and O–H groups in total. The van der Waals surface area contributed by atoms with Gasteiger partial charge in [-0.05, 0) is 24.3 Å². The first-order chi connectivity index (χ1) is 12.3. The van der Waals surface area contributed by atoms with E-state index in [2.05, 4.69) is 32.8 Å². The second kappa shape index (κ2) is 7.31. The lowest BCUT2D eigenvalue weighted by molar-refractivity contribution is 1.17. The maximum Gasteiger partial charge on any atom is 0.183 e. The number of benzene rings is 1. The Labute approximate surface area is 158 Å². The molecule has 0 aliphatic heterocycles. The molecule has 4 nitrogen and oxygen atoms in total. The number of thiazole rings is 2. The first-order valence-electron chi connectivity index (χ1n) is 7.58. The number of halogens is 1. The standard InChI is InChI=1S/C18H13ClN4S2/c19-18-22-10-15(25-18)9-21-14-5-1-3-12(7-14)16-11-24-17(23-16)13-4-2-6-20-8-13/h1-8,10-11,21H,9H2. The Kier molecular flexibility index (Phi) is 4.74. The van der Waals surface area contributed by atoms with Gasteiger partial charge in [-0.3, -0.25) is 4.98 Å². The fourth-order valence-electron chi connectivity index (χ4n) is 2.37. The van der Waals surface area contributed by atoms with Crippen molar-refractivity contribution in [1.82, 2.24) is 15.0 Å². The zero-order valence-corrected chi connectivity index (χ0v) is 15.4. The summed E-state index contributed by atoms with van der Waals surface area (Å²) in [5, 5.41) is 6.45. The quantitative estimate of drug-likeness (QED) is 0.487. The van der Waals surface area contributed by atoms with Crippen molar-refractivity contribution in [3.8, 4) is 21.8 Å². The van der Waals surface area contributed by atoms with Crippen molar-refractivity contribution in [1.29, 1.82) is 0 Å². The van der Waals surface area contributed by atoms with Gasteiger partial charge in [-0.1, -0.05) is 23.7 Å². The minimum atomic E-state index is 0.566. The minimum absolute atomic E-state index is 0.566. The van der Waals surface area contributed by atoms with Crippen LogP contribution in [0.4, 0.5) is 5.69 Å². The summed E-state index contributed by atoms with van der Waals surface area (Å²) in [6, 6.07) is 12.2. The smallest absolute Gasteiger partial charge is 0.183 e. The van der Waals surface area contributed by atoms with Crippen LogP contribution < -0.4 is 5.32 Å². The van der Waals surface area contributed by atoms with Crippen LogP contribution in [0.3, 0.4) is 0 Å². The van der Waals surface area contributed by atoms with E-state index in [-0.39, 0.29) is 0 Å². The van der Waals surface area contributed by atoms with Crippen LogP contribution in [0.1, 0.15) is 4.88 Å².